The van der Waals surface area contributed by atoms with Crippen molar-refractivity contribution in [2.45, 2.75) is 50.8 Å². The fraction of sp³-hybridized carbons (Fsp3) is 0.714. The van der Waals surface area contributed by atoms with Gasteiger partial charge in [0.05, 0.1) is 11.5 Å². The molecule has 0 atom stereocenters. The van der Waals surface area contributed by atoms with Crippen LogP contribution in [-0.2, 0) is 23.2 Å². The van der Waals surface area contributed by atoms with Gasteiger partial charge < -0.3 is 14.6 Å². The Kier molecular flexibility index (Phi) is 5.98. The third kappa shape index (κ3) is 4.54. The number of aliphatic hydroxyl groups is 1. The number of likely N-dealkylation sites (N-methyl/N-ethyl adjacent to an activating group) is 1. The van der Waals surface area contributed by atoms with E-state index in [2.05, 4.69) is 4.72 Å². The van der Waals surface area contributed by atoms with Crippen LogP contribution in [-0.4, -0.2) is 49.2 Å². The summed E-state index contributed by atoms with van der Waals surface area (Å²) in [5, 5.41) is 9.31. The van der Waals surface area contributed by atoms with E-state index in [9.17, 15) is 13.5 Å². The van der Waals surface area contributed by atoms with Crippen LogP contribution < -0.4 is 4.72 Å². The van der Waals surface area contributed by atoms with Gasteiger partial charge in [0.25, 0.3) is 0 Å². The van der Waals surface area contributed by atoms with Crippen molar-refractivity contribution in [1.29, 1.82) is 0 Å². The molecule has 0 bridgehead atoms. The molecule has 0 aliphatic carbocycles. The molecule has 0 unspecified atom stereocenters. The second kappa shape index (κ2) is 6.91. The first-order valence-electron chi connectivity index (χ1n) is 7.11. The Bertz CT molecular complexity index is 562. The van der Waals surface area contributed by atoms with Crippen LogP contribution >= 0.6 is 0 Å². The van der Waals surface area contributed by atoms with E-state index in [1.54, 1.807) is 10.8 Å². The third-order valence-corrected chi connectivity index (χ3v) is 5.17. The van der Waals surface area contributed by atoms with Crippen LogP contribution in [0.4, 0.5) is 0 Å². The Labute approximate surface area is 127 Å². The largest absolute Gasteiger partial charge is 0.390 e. The van der Waals surface area contributed by atoms with E-state index in [0.717, 1.165) is 6.42 Å². The molecule has 122 valence electrons. The Hall–Kier alpha value is -0.890. The SMILES string of the molecule is CCCn1cc(S(=O)(=O)NCC(C)(C)N(C)C)cc1CO. The highest BCUT2D eigenvalue weighted by molar-refractivity contribution is 7.89. The average Bonchev–Trinajstić information content (AvgIpc) is 2.81. The van der Waals surface area contributed by atoms with E-state index >= 15 is 0 Å². The predicted octanol–water partition coefficient (Wildman–Crippen LogP) is 1.01. The third-order valence-electron chi connectivity index (χ3n) is 3.80. The van der Waals surface area contributed by atoms with Crippen molar-refractivity contribution in [3.8, 4) is 0 Å². The highest BCUT2D eigenvalue weighted by Crippen LogP contribution is 2.16. The maximum atomic E-state index is 12.4. The van der Waals surface area contributed by atoms with Crippen LogP contribution in [0.25, 0.3) is 0 Å². The Morgan fingerprint density at radius 1 is 1.38 bits per heavy atom. The van der Waals surface area contributed by atoms with Crippen molar-refractivity contribution >= 4 is 10.0 Å². The number of sulfonamides is 1. The van der Waals surface area contributed by atoms with Gasteiger partial charge in [-0.15, -0.1) is 0 Å². The van der Waals surface area contributed by atoms with Crippen LogP contribution in [0.3, 0.4) is 0 Å². The molecule has 0 radical (unpaired) electrons. The Morgan fingerprint density at radius 2 is 2.00 bits per heavy atom. The number of nitrogens with zero attached hydrogens (tertiary/aromatic N) is 2. The molecule has 21 heavy (non-hydrogen) atoms. The summed E-state index contributed by atoms with van der Waals surface area (Å²) in [5.74, 6) is 0. The number of nitrogens with one attached hydrogen (secondary N) is 1. The highest BCUT2D eigenvalue weighted by Gasteiger charge is 2.25. The molecule has 1 aromatic rings. The molecule has 1 heterocycles. The number of aliphatic hydroxyl groups excluding tert-OH is 1. The standard InChI is InChI=1S/C14H27N3O3S/c1-6-7-17-9-13(8-12(17)10-18)21(19,20)15-11-14(2,3)16(4)5/h8-9,15,18H,6-7,10-11H2,1-5H3. The summed E-state index contributed by atoms with van der Waals surface area (Å²) in [4.78, 5) is 2.17. The minimum atomic E-state index is -3.57. The van der Waals surface area contributed by atoms with Crippen LogP contribution in [0.1, 0.15) is 32.9 Å². The number of hydrogen-bond acceptors (Lipinski definition) is 4. The molecular formula is C14H27N3O3S. The molecule has 0 aromatic carbocycles. The first-order chi connectivity index (χ1) is 9.64. The van der Waals surface area contributed by atoms with Crippen molar-refractivity contribution in [2.75, 3.05) is 20.6 Å². The summed E-state index contributed by atoms with van der Waals surface area (Å²) in [7, 11) is 0.259. The second-order valence-electron chi connectivity index (χ2n) is 6.05. The van der Waals surface area contributed by atoms with Gasteiger partial charge in [-0.1, -0.05) is 6.92 Å². The van der Waals surface area contributed by atoms with Gasteiger partial charge in [-0.05, 0) is 40.4 Å². The summed E-state index contributed by atoms with van der Waals surface area (Å²) in [5.41, 5.74) is 0.336. The summed E-state index contributed by atoms with van der Waals surface area (Å²) in [6, 6.07) is 1.53. The molecule has 0 spiro atoms. The zero-order chi connectivity index (χ0) is 16.3. The molecule has 6 nitrogen and oxygen atoms in total. The van der Waals surface area contributed by atoms with Crippen molar-refractivity contribution in [1.82, 2.24) is 14.2 Å². The van der Waals surface area contributed by atoms with Gasteiger partial charge in [0.2, 0.25) is 10.0 Å². The first kappa shape index (κ1) is 18.2. The number of hydrogen-bond donors (Lipinski definition) is 2. The predicted molar refractivity (Wildman–Crippen MR) is 83.6 cm³/mol. The summed E-state index contributed by atoms with van der Waals surface area (Å²) < 4.78 is 29.1. The van der Waals surface area contributed by atoms with Crippen molar-refractivity contribution in [3.05, 3.63) is 18.0 Å². The first-order valence-corrected chi connectivity index (χ1v) is 8.59. The lowest BCUT2D eigenvalue weighted by atomic mass is 10.1. The quantitative estimate of drug-likeness (QED) is 0.750. The summed E-state index contributed by atoms with van der Waals surface area (Å²) in [6.45, 7) is 6.78. The molecule has 0 fully saturated rings. The van der Waals surface area contributed by atoms with Crippen LogP contribution in [0, 0.1) is 0 Å². The zero-order valence-electron chi connectivity index (χ0n) is 13.5. The molecule has 7 heteroatoms. The zero-order valence-corrected chi connectivity index (χ0v) is 14.4. The molecule has 0 saturated carbocycles. The molecular weight excluding hydrogens is 290 g/mol. The van der Waals surface area contributed by atoms with E-state index < -0.39 is 10.0 Å². The van der Waals surface area contributed by atoms with Gasteiger partial charge in [0.15, 0.2) is 0 Å². The van der Waals surface area contributed by atoms with Crippen molar-refractivity contribution < 1.29 is 13.5 Å². The smallest absolute Gasteiger partial charge is 0.242 e. The van der Waals surface area contributed by atoms with Gasteiger partial charge in [0, 0.05) is 30.5 Å². The monoisotopic (exact) mass is 317 g/mol. The molecule has 0 aliphatic heterocycles. The van der Waals surface area contributed by atoms with Gasteiger partial charge in [-0.3, -0.25) is 0 Å². The van der Waals surface area contributed by atoms with Crippen molar-refractivity contribution in [2.24, 2.45) is 0 Å². The van der Waals surface area contributed by atoms with Gasteiger partial charge in [0.1, 0.15) is 0 Å². The Balaban J connectivity index is 2.93. The van der Waals surface area contributed by atoms with Crippen molar-refractivity contribution in [3.63, 3.8) is 0 Å². The van der Waals surface area contributed by atoms with Crippen LogP contribution in [0.5, 0.6) is 0 Å². The average molecular weight is 317 g/mol. The number of aryl methyl sites for hydroxylation is 1. The summed E-state index contributed by atoms with van der Waals surface area (Å²) >= 11 is 0. The fourth-order valence-corrected chi connectivity index (χ4v) is 3.03. The lowest BCUT2D eigenvalue weighted by Crippen LogP contribution is -2.48. The lowest BCUT2D eigenvalue weighted by Gasteiger charge is -2.32. The maximum Gasteiger partial charge on any atom is 0.242 e. The van der Waals surface area contributed by atoms with Gasteiger partial charge >= 0.3 is 0 Å². The van der Waals surface area contributed by atoms with Crippen LogP contribution in [0.15, 0.2) is 17.2 Å². The minimum absolute atomic E-state index is 0.168. The molecule has 0 saturated heterocycles. The minimum Gasteiger partial charge on any atom is -0.390 e. The molecule has 0 amide bonds. The molecule has 1 aromatic heterocycles. The van der Waals surface area contributed by atoms with E-state index in [4.69, 9.17) is 0 Å². The fourth-order valence-electron chi connectivity index (χ4n) is 1.77. The molecule has 1 rings (SSSR count). The molecule has 0 aliphatic rings. The van der Waals surface area contributed by atoms with Gasteiger partial charge in [-0.25, -0.2) is 13.1 Å². The van der Waals surface area contributed by atoms with Crippen LogP contribution in [0.2, 0.25) is 0 Å². The van der Waals surface area contributed by atoms with E-state index in [1.165, 1.54) is 6.07 Å². The molecule has 2 N–H and O–H groups in total. The van der Waals surface area contributed by atoms with E-state index in [0.29, 0.717) is 18.8 Å². The summed E-state index contributed by atoms with van der Waals surface area (Å²) in [6.07, 6.45) is 2.46. The number of aromatic nitrogens is 1. The second-order valence-corrected chi connectivity index (χ2v) is 7.82. The van der Waals surface area contributed by atoms with Gasteiger partial charge in [-0.2, -0.15) is 0 Å². The number of rotatable bonds is 8. The highest BCUT2D eigenvalue weighted by atomic mass is 32.2. The van der Waals surface area contributed by atoms with E-state index in [1.807, 2.05) is 39.8 Å². The lowest BCUT2D eigenvalue weighted by molar-refractivity contribution is 0.199. The Morgan fingerprint density at radius 3 is 2.48 bits per heavy atom. The topological polar surface area (TPSA) is 74.6 Å². The normalized spacial score (nSPS) is 13.1. The maximum absolute atomic E-state index is 12.4. The van der Waals surface area contributed by atoms with E-state index in [-0.39, 0.29) is 17.0 Å².